The predicted octanol–water partition coefficient (Wildman–Crippen LogP) is 13.8. The van der Waals surface area contributed by atoms with Crippen molar-refractivity contribution in [3.63, 3.8) is 0 Å². The Morgan fingerprint density at radius 2 is 1.40 bits per heavy atom. The SMILES string of the molecule is C/C=C\c1c(C)cccc1CC/C=C\C=C/C/C(C)=C/C=C=C(C)c1ccc(C)cc1.C/C=C\c1c(C)cccc1CC1=CCCC=C1. The second-order valence-corrected chi connectivity index (χ2v) is 12.6. The van der Waals surface area contributed by atoms with Gasteiger partial charge in [0.1, 0.15) is 0 Å². The maximum atomic E-state index is 3.37. The van der Waals surface area contributed by atoms with Gasteiger partial charge in [0, 0.05) is 0 Å². The Hall–Kier alpha value is -4.64. The van der Waals surface area contributed by atoms with Gasteiger partial charge in [-0.25, -0.2) is 0 Å². The van der Waals surface area contributed by atoms with Gasteiger partial charge in [0.15, 0.2) is 0 Å². The molecule has 0 nitrogen and oxygen atoms in total. The van der Waals surface area contributed by atoms with E-state index in [0.717, 1.165) is 31.3 Å². The fourth-order valence-corrected chi connectivity index (χ4v) is 5.69. The van der Waals surface area contributed by atoms with Gasteiger partial charge in [-0.15, -0.1) is 5.73 Å². The van der Waals surface area contributed by atoms with Crippen molar-refractivity contribution in [1.29, 1.82) is 0 Å². The van der Waals surface area contributed by atoms with Crippen molar-refractivity contribution < 1.29 is 0 Å². The lowest BCUT2D eigenvalue weighted by atomic mass is 9.94. The van der Waals surface area contributed by atoms with E-state index in [1.807, 2.05) is 6.08 Å². The number of rotatable bonds is 12. The smallest absolute Gasteiger partial charge is 0.00190 e. The quantitative estimate of drug-likeness (QED) is 0.138. The van der Waals surface area contributed by atoms with Crippen LogP contribution in [0.15, 0.2) is 144 Å². The predicted molar refractivity (Wildman–Crippen MR) is 215 cm³/mol. The molecule has 1 aliphatic rings. The maximum absolute atomic E-state index is 3.37. The number of hydrogen-bond acceptors (Lipinski definition) is 0. The molecule has 0 heteroatoms. The normalized spacial score (nSPS) is 13.2. The number of allylic oxidation sites excluding steroid dienone is 13. The Morgan fingerprint density at radius 1 is 0.750 bits per heavy atom. The van der Waals surface area contributed by atoms with E-state index in [1.165, 1.54) is 68.5 Å². The third-order valence-corrected chi connectivity index (χ3v) is 8.52. The first-order valence-electron chi connectivity index (χ1n) is 17.6. The molecule has 3 aromatic carbocycles. The summed E-state index contributed by atoms with van der Waals surface area (Å²) in [6, 6.07) is 21.7. The Morgan fingerprint density at radius 3 is 2.04 bits per heavy atom. The summed E-state index contributed by atoms with van der Waals surface area (Å²) in [5.41, 5.74) is 18.1. The zero-order valence-corrected chi connectivity index (χ0v) is 30.5. The molecule has 0 atom stereocenters. The minimum atomic E-state index is 0.954. The number of hydrogen-bond donors (Lipinski definition) is 0. The maximum Gasteiger partial charge on any atom is -0.00190 e. The highest BCUT2D eigenvalue weighted by Crippen LogP contribution is 2.22. The van der Waals surface area contributed by atoms with Crippen molar-refractivity contribution in [2.24, 2.45) is 0 Å². The van der Waals surface area contributed by atoms with Crippen molar-refractivity contribution in [2.45, 2.75) is 87.0 Å². The van der Waals surface area contributed by atoms with Crippen LogP contribution in [0.1, 0.15) is 97.9 Å². The van der Waals surface area contributed by atoms with Crippen LogP contribution in [-0.4, -0.2) is 0 Å². The molecular formula is C48H56. The van der Waals surface area contributed by atoms with Crippen LogP contribution in [0.5, 0.6) is 0 Å². The lowest BCUT2D eigenvalue weighted by molar-refractivity contribution is 0.993. The first-order chi connectivity index (χ1) is 23.3. The van der Waals surface area contributed by atoms with E-state index in [-0.39, 0.29) is 0 Å². The van der Waals surface area contributed by atoms with Crippen LogP contribution < -0.4 is 0 Å². The Balaban J connectivity index is 0.000000308. The van der Waals surface area contributed by atoms with Gasteiger partial charge < -0.3 is 0 Å². The summed E-state index contributed by atoms with van der Waals surface area (Å²) in [5, 5.41) is 0. The van der Waals surface area contributed by atoms with Crippen molar-refractivity contribution in [3.8, 4) is 0 Å². The molecule has 248 valence electrons. The molecule has 0 saturated carbocycles. The van der Waals surface area contributed by atoms with E-state index < -0.39 is 0 Å². The highest BCUT2D eigenvalue weighted by atomic mass is 14.1. The molecular weight excluding hydrogens is 577 g/mol. The van der Waals surface area contributed by atoms with Crippen LogP contribution in [-0.2, 0) is 12.8 Å². The summed E-state index contributed by atoms with van der Waals surface area (Å²) in [5.74, 6) is 0. The lowest BCUT2D eigenvalue weighted by Gasteiger charge is -2.11. The first-order valence-corrected chi connectivity index (χ1v) is 17.6. The van der Waals surface area contributed by atoms with Gasteiger partial charge in [-0.3, -0.25) is 0 Å². The standard InChI is InChI=1S/C31H36.C17H20/c1-6-14-31-28(5)18-13-20-30(31)19-11-9-7-8-10-15-25(2)16-12-17-27(4)29-23-21-26(3)22-24-29;1-3-8-17-14(2)9-7-12-16(17)13-15-10-5-4-6-11-15/h6-10,12-14,16,18,20-24H,11,15,19H2,1-5H3;3,5,7-12H,4,6,13H2,1-2H3/b9-7-,10-8-,14-6-,25-16+;8-3-. The zero-order valence-electron chi connectivity index (χ0n) is 30.5. The Labute approximate surface area is 292 Å². The van der Waals surface area contributed by atoms with Gasteiger partial charge in [0.2, 0.25) is 0 Å². The van der Waals surface area contributed by atoms with E-state index in [2.05, 4.69) is 188 Å². The van der Waals surface area contributed by atoms with Crippen LogP contribution in [0.4, 0.5) is 0 Å². The molecule has 0 aliphatic heterocycles. The van der Waals surface area contributed by atoms with Crippen molar-refractivity contribution in [2.75, 3.05) is 0 Å². The topological polar surface area (TPSA) is 0 Å². The lowest BCUT2D eigenvalue weighted by Crippen LogP contribution is -1.96. The fraction of sp³-hybridized carbons (Fsp3) is 0.271. The molecule has 0 spiro atoms. The fourth-order valence-electron chi connectivity index (χ4n) is 5.69. The van der Waals surface area contributed by atoms with Crippen molar-refractivity contribution in [1.82, 2.24) is 0 Å². The van der Waals surface area contributed by atoms with Crippen LogP contribution in [0, 0.1) is 20.8 Å². The van der Waals surface area contributed by atoms with Gasteiger partial charge in [0.05, 0.1) is 0 Å². The summed E-state index contributed by atoms with van der Waals surface area (Å²) in [6.45, 7) is 14.9. The second-order valence-electron chi connectivity index (χ2n) is 12.6. The monoisotopic (exact) mass is 632 g/mol. The molecule has 0 amide bonds. The molecule has 4 rings (SSSR count). The average molecular weight is 633 g/mol. The molecule has 0 bridgehead atoms. The van der Waals surface area contributed by atoms with Crippen LogP contribution in [0.2, 0.25) is 0 Å². The highest BCUT2D eigenvalue weighted by Gasteiger charge is 2.05. The summed E-state index contributed by atoms with van der Waals surface area (Å²) in [6.07, 6.45) is 35.1. The molecule has 0 heterocycles. The second kappa shape index (κ2) is 21.3. The van der Waals surface area contributed by atoms with E-state index in [9.17, 15) is 0 Å². The average Bonchev–Trinajstić information content (AvgIpc) is 3.08. The molecule has 0 saturated heterocycles. The van der Waals surface area contributed by atoms with Gasteiger partial charge in [-0.2, -0.15) is 0 Å². The van der Waals surface area contributed by atoms with Gasteiger partial charge in [-0.05, 0) is 143 Å². The van der Waals surface area contributed by atoms with Crippen molar-refractivity contribution >= 4 is 17.7 Å². The Bertz CT molecular complexity index is 1730. The van der Waals surface area contributed by atoms with Gasteiger partial charge in [-0.1, -0.05) is 145 Å². The first kappa shape index (κ1) is 37.8. The Kier molecular flexibility index (Phi) is 16.8. The van der Waals surface area contributed by atoms with Gasteiger partial charge in [0.25, 0.3) is 0 Å². The van der Waals surface area contributed by atoms with Gasteiger partial charge >= 0.3 is 0 Å². The molecule has 0 aromatic heterocycles. The van der Waals surface area contributed by atoms with E-state index in [0.29, 0.717) is 0 Å². The van der Waals surface area contributed by atoms with E-state index in [1.54, 1.807) is 0 Å². The third kappa shape index (κ3) is 13.2. The molecule has 0 fully saturated rings. The molecule has 3 aromatic rings. The molecule has 0 unspecified atom stereocenters. The van der Waals surface area contributed by atoms with Crippen LogP contribution in [0.25, 0.3) is 17.7 Å². The molecule has 1 aliphatic carbocycles. The summed E-state index contributed by atoms with van der Waals surface area (Å²) in [4.78, 5) is 0. The summed E-state index contributed by atoms with van der Waals surface area (Å²) >= 11 is 0. The van der Waals surface area contributed by atoms with Crippen molar-refractivity contribution in [3.05, 3.63) is 189 Å². The zero-order chi connectivity index (χ0) is 34.6. The molecule has 0 N–H and O–H groups in total. The number of aryl methyl sites for hydroxylation is 4. The number of benzene rings is 3. The summed E-state index contributed by atoms with van der Waals surface area (Å²) < 4.78 is 0. The molecule has 0 radical (unpaired) electrons. The van der Waals surface area contributed by atoms with E-state index in [4.69, 9.17) is 0 Å². The highest BCUT2D eigenvalue weighted by molar-refractivity contribution is 5.63. The van der Waals surface area contributed by atoms with Crippen LogP contribution >= 0.6 is 0 Å². The third-order valence-electron chi connectivity index (χ3n) is 8.52. The minimum absolute atomic E-state index is 0.954. The minimum Gasteiger partial charge on any atom is -0.117 e. The largest absolute Gasteiger partial charge is 0.117 e. The molecule has 48 heavy (non-hydrogen) atoms. The van der Waals surface area contributed by atoms with E-state index >= 15 is 0 Å². The summed E-state index contributed by atoms with van der Waals surface area (Å²) in [7, 11) is 0. The van der Waals surface area contributed by atoms with Crippen LogP contribution in [0.3, 0.4) is 0 Å².